The number of benzene rings is 2. The third-order valence-electron chi connectivity index (χ3n) is 2.85. The van der Waals surface area contributed by atoms with Crippen LogP contribution in [0.3, 0.4) is 0 Å². The van der Waals surface area contributed by atoms with Crippen LogP contribution in [-0.4, -0.2) is 4.98 Å². The van der Waals surface area contributed by atoms with E-state index in [2.05, 4.69) is 29.2 Å². The van der Waals surface area contributed by atoms with Crippen molar-refractivity contribution in [2.45, 2.75) is 0 Å². The predicted octanol–water partition coefficient (Wildman–Crippen LogP) is 3.48. The molecule has 0 saturated carbocycles. The maximum absolute atomic E-state index is 5.70. The maximum Gasteiger partial charge on any atom is 0.0780 e. The van der Waals surface area contributed by atoms with Gasteiger partial charge in [-0.25, -0.2) is 0 Å². The molecule has 82 valence electrons. The van der Waals surface area contributed by atoms with E-state index in [1.54, 1.807) is 0 Å². The van der Waals surface area contributed by atoms with Gasteiger partial charge in [-0.2, -0.15) is 0 Å². The monoisotopic (exact) mass is 220 g/mol. The number of nitrogens with zero attached hydrogens (tertiary/aromatic N) is 1. The Morgan fingerprint density at radius 3 is 2.41 bits per heavy atom. The Balaban J connectivity index is 2.27. The summed E-state index contributed by atoms with van der Waals surface area (Å²) in [5.41, 5.74) is 9.79. The second-order valence-corrected chi connectivity index (χ2v) is 4.00. The number of rotatable bonds is 1. The Bertz CT molecular complexity index is 652. The molecule has 0 amide bonds. The molecule has 0 bridgehead atoms. The molecule has 2 aromatic carbocycles. The molecular weight excluding hydrogens is 208 g/mol. The molecule has 0 saturated heterocycles. The van der Waals surface area contributed by atoms with E-state index in [9.17, 15) is 0 Å². The molecule has 2 nitrogen and oxygen atoms in total. The van der Waals surface area contributed by atoms with Crippen LogP contribution in [-0.2, 0) is 0 Å². The van der Waals surface area contributed by atoms with Crippen LogP contribution in [0, 0.1) is 0 Å². The van der Waals surface area contributed by atoms with E-state index >= 15 is 0 Å². The first kappa shape index (κ1) is 9.85. The minimum Gasteiger partial charge on any atom is -0.399 e. The molecule has 3 aromatic rings. The van der Waals surface area contributed by atoms with Crippen molar-refractivity contribution in [3.8, 4) is 11.1 Å². The number of hydrogen-bond acceptors (Lipinski definition) is 2. The van der Waals surface area contributed by atoms with E-state index in [0.29, 0.717) is 0 Å². The second-order valence-electron chi connectivity index (χ2n) is 4.00. The highest BCUT2D eigenvalue weighted by Crippen LogP contribution is 2.27. The highest BCUT2D eigenvalue weighted by atomic mass is 14.6. The van der Waals surface area contributed by atoms with Gasteiger partial charge >= 0.3 is 0 Å². The molecule has 3 rings (SSSR count). The Labute approximate surface area is 99.7 Å². The molecule has 1 aromatic heterocycles. The summed E-state index contributed by atoms with van der Waals surface area (Å²) in [6.45, 7) is 0. The van der Waals surface area contributed by atoms with Gasteiger partial charge in [0.25, 0.3) is 0 Å². The first-order valence-electron chi connectivity index (χ1n) is 5.54. The van der Waals surface area contributed by atoms with Gasteiger partial charge in [0.05, 0.1) is 5.52 Å². The second kappa shape index (κ2) is 3.91. The summed E-state index contributed by atoms with van der Waals surface area (Å²) in [5.74, 6) is 0. The van der Waals surface area contributed by atoms with E-state index in [1.165, 1.54) is 0 Å². The lowest BCUT2D eigenvalue weighted by Crippen LogP contribution is -1.86. The number of hydrogen-bond donors (Lipinski definition) is 1. The average Bonchev–Trinajstić information content (AvgIpc) is 2.39. The van der Waals surface area contributed by atoms with Crippen molar-refractivity contribution in [1.29, 1.82) is 0 Å². The predicted molar refractivity (Wildman–Crippen MR) is 71.6 cm³/mol. The molecule has 0 radical (unpaired) electrons. The highest BCUT2D eigenvalue weighted by Gasteiger charge is 2.03. The fraction of sp³-hybridized carbons (Fsp3) is 0. The maximum atomic E-state index is 5.70. The van der Waals surface area contributed by atoms with Crippen molar-refractivity contribution in [1.82, 2.24) is 4.98 Å². The smallest absolute Gasteiger partial charge is 0.0780 e. The molecule has 0 spiro atoms. The van der Waals surface area contributed by atoms with E-state index < -0.39 is 0 Å². The van der Waals surface area contributed by atoms with Crippen LogP contribution in [0.1, 0.15) is 0 Å². The number of nitrogen functional groups attached to an aromatic ring is 1. The van der Waals surface area contributed by atoms with E-state index in [0.717, 1.165) is 27.7 Å². The van der Waals surface area contributed by atoms with Crippen molar-refractivity contribution in [2.24, 2.45) is 0 Å². The topological polar surface area (TPSA) is 38.9 Å². The van der Waals surface area contributed by atoms with Crippen LogP contribution in [0.5, 0.6) is 0 Å². The first-order chi connectivity index (χ1) is 8.34. The zero-order valence-corrected chi connectivity index (χ0v) is 9.30. The van der Waals surface area contributed by atoms with Gasteiger partial charge in [0.1, 0.15) is 0 Å². The molecule has 0 aliphatic carbocycles. The fourth-order valence-corrected chi connectivity index (χ4v) is 2.00. The molecule has 0 aliphatic rings. The molecule has 2 N–H and O–H groups in total. The summed E-state index contributed by atoms with van der Waals surface area (Å²) in [4.78, 5) is 4.45. The van der Waals surface area contributed by atoms with Crippen molar-refractivity contribution in [3.63, 3.8) is 0 Å². The molecule has 17 heavy (non-hydrogen) atoms. The number of anilines is 1. The number of fused-ring (bicyclic) bond motifs is 1. The lowest BCUT2D eigenvalue weighted by atomic mass is 10.0. The van der Waals surface area contributed by atoms with Crippen molar-refractivity contribution < 1.29 is 0 Å². The van der Waals surface area contributed by atoms with Crippen LogP contribution in [0.15, 0.2) is 60.8 Å². The van der Waals surface area contributed by atoms with Gasteiger partial charge in [-0.1, -0.05) is 36.4 Å². The lowest BCUT2D eigenvalue weighted by Gasteiger charge is -2.05. The van der Waals surface area contributed by atoms with Crippen molar-refractivity contribution in [2.75, 3.05) is 5.73 Å². The van der Waals surface area contributed by atoms with Crippen LogP contribution in [0.2, 0.25) is 0 Å². The minimum atomic E-state index is 0.780. The Kier molecular flexibility index (Phi) is 2.26. The third-order valence-corrected chi connectivity index (χ3v) is 2.85. The summed E-state index contributed by atoms with van der Waals surface area (Å²) in [7, 11) is 0. The SMILES string of the molecule is Nc1ccc(-c2cccc3cccnc23)cc1. The number of pyridine rings is 1. The summed E-state index contributed by atoms with van der Waals surface area (Å²) in [5, 5.41) is 1.15. The summed E-state index contributed by atoms with van der Waals surface area (Å²) in [6.07, 6.45) is 1.82. The Morgan fingerprint density at radius 1 is 0.824 bits per heavy atom. The van der Waals surface area contributed by atoms with Crippen molar-refractivity contribution >= 4 is 16.6 Å². The number of nitrogens with two attached hydrogens (primary N) is 1. The molecule has 1 heterocycles. The Hall–Kier alpha value is -2.35. The minimum absolute atomic E-state index is 0.780. The van der Waals surface area contributed by atoms with Gasteiger partial charge in [-0.05, 0) is 23.8 Å². The van der Waals surface area contributed by atoms with E-state index in [1.807, 2.05) is 36.5 Å². The standard InChI is InChI=1S/C15H12N2/c16-13-8-6-11(7-9-13)14-5-1-3-12-4-2-10-17-15(12)14/h1-10H,16H2. The summed E-state index contributed by atoms with van der Waals surface area (Å²) in [6, 6.07) is 18.1. The van der Waals surface area contributed by atoms with Gasteiger partial charge < -0.3 is 5.73 Å². The van der Waals surface area contributed by atoms with Crippen molar-refractivity contribution in [3.05, 3.63) is 60.8 Å². The van der Waals surface area contributed by atoms with Gasteiger partial charge in [0.2, 0.25) is 0 Å². The van der Waals surface area contributed by atoms with Crippen LogP contribution in [0.25, 0.3) is 22.0 Å². The van der Waals surface area contributed by atoms with Crippen LogP contribution in [0.4, 0.5) is 5.69 Å². The third kappa shape index (κ3) is 1.74. The Morgan fingerprint density at radius 2 is 1.59 bits per heavy atom. The van der Waals surface area contributed by atoms with Gasteiger partial charge in [0.15, 0.2) is 0 Å². The van der Waals surface area contributed by atoms with Crippen LogP contribution >= 0.6 is 0 Å². The molecular formula is C15H12N2. The van der Waals surface area contributed by atoms with E-state index in [4.69, 9.17) is 5.73 Å². The average molecular weight is 220 g/mol. The zero-order valence-electron chi connectivity index (χ0n) is 9.30. The summed E-state index contributed by atoms with van der Waals surface area (Å²) >= 11 is 0. The zero-order chi connectivity index (χ0) is 11.7. The normalized spacial score (nSPS) is 10.6. The summed E-state index contributed by atoms with van der Waals surface area (Å²) < 4.78 is 0. The van der Waals surface area contributed by atoms with Crippen LogP contribution < -0.4 is 5.73 Å². The van der Waals surface area contributed by atoms with Gasteiger partial charge in [-0.15, -0.1) is 0 Å². The number of aromatic nitrogens is 1. The molecule has 2 heteroatoms. The quantitative estimate of drug-likeness (QED) is 0.637. The fourth-order valence-electron chi connectivity index (χ4n) is 2.00. The largest absolute Gasteiger partial charge is 0.399 e. The molecule has 0 aliphatic heterocycles. The molecule has 0 unspecified atom stereocenters. The number of para-hydroxylation sites is 1. The molecule has 0 atom stereocenters. The lowest BCUT2D eigenvalue weighted by molar-refractivity contribution is 1.41. The highest BCUT2D eigenvalue weighted by molar-refractivity contribution is 5.93. The molecule has 0 fully saturated rings. The van der Waals surface area contributed by atoms with Gasteiger partial charge in [0, 0.05) is 22.8 Å². The van der Waals surface area contributed by atoms with Gasteiger partial charge in [-0.3, -0.25) is 4.98 Å². The first-order valence-corrected chi connectivity index (χ1v) is 5.54. The van der Waals surface area contributed by atoms with E-state index in [-0.39, 0.29) is 0 Å².